The molecule has 1 unspecified atom stereocenters. The van der Waals surface area contributed by atoms with E-state index in [4.69, 9.17) is 8.23 Å². The number of allylic oxidation sites excluding steroid dienone is 3. The maximum Gasteiger partial charge on any atom is 0.282 e. The molecule has 0 radical (unpaired) electrons. The summed E-state index contributed by atoms with van der Waals surface area (Å²) in [6.45, 7) is 13.9. The van der Waals surface area contributed by atoms with Gasteiger partial charge in [-0.1, -0.05) is 38.0 Å². The van der Waals surface area contributed by atoms with Crippen LogP contribution in [0, 0.1) is 5.41 Å². The van der Waals surface area contributed by atoms with Gasteiger partial charge in [0.2, 0.25) is 0 Å². The van der Waals surface area contributed by atoms with Crippen molar-refractivity contribution in [2.45, 2.75) is 25.3 Å². The molecule has 0 aliphatic carbocycles. The summed E-state index contributed by atoms with van der Waals surface area (Å²) in [7, 11) is -0.495. The first kappa shape index (κ1) is 15.8. The van der Waals surface area contributed by atoms with Gasteiger partial charge in [-0.05, 0) is 5.54 Å². The molecule has 16 heavy (non-hydrogen) atoms. The van der Waals surface area contributed by atoms with Crippen molar-refractivity contribution in [2.75, 3.05) is 0 Å². The van der Waals surface area contributed by atoms with Crippen LogP contribution in [0.5, 0.6) is 0 Å². The second-order valence-corrected chi connectivity index (χ2v) is 9.37. The molecule has 2 nitrogen and oxygen atoms in total. The minimum atomic E-state index is -0.698. The van der Waals surface area contributed by atoms with Crippen LogP contribution in [0.4, 0.5) is 0 Å². The number of hydrogen-bond acceptors (Lipinski definition) is 2. The van der Waals surface area contributed by atoms with Crippen LogP contribution >= 0.6 is 0 Å². The monoisotopic (exact) mass is 272 g/mol. The van der Waals surface area contributed by atoms with E-state index in [1.54, 1.807) is 0 Å². The van der Waals surface area contributed by atoms with Crippen molar-refractivity contribution in [1.29, 1.82) is 0 Å². The Morgan fingerprint density at radius 2 is 1.88 bits per heavy atom. The Bertz CT molecular complexity index is 209. The van der Waals surface area contributed by atoms with Crippen LogP contribution in [-0.4, -0.2) is 30.3 Å². The van der Waals surface area contributed by atoms with Gasteiger partial charge in [0, 0.05) is 5.41 Å². The van der Waals surface area contributed by atoms with Crippen LogP contribution in [-0.2, 0) is 8.23 Å². The molecular formula is C11H24O2Si3. The smallest absolute Gasteiger partial charge is 0.282 e. The van der Waals surface area contributed by atoms with Gasteiger partial charge in [-0.25, -0.2) is 0 Å². The fourth-order valence-electron chi connectivity index (χ4n) is 1.85. The minimum absolute atomic E-state index is 0.151. The van der Waals surface area contributed by atoms with Gasteiger partial charge in [0.15, 0.2) is 9.76 Å². The Morgan fingerprint density at radius 3 is 2.25 bits per heavy atom. The summed E-state index contributed by atoms with van der Waals surface area (Å²) >= 11 is 0. The first-order chi connectivity index (χ1) is 7.70. The molecule has 1 atom stereocenters. The second kappa shape index (κ2) is 8.89. The average molecular weight is 273 g/mol. The summed E-state index contributed by atoms with van der Waals surface area (Å²) < 4.78 is 11.0. The highest BCUT2D eigenvalue weighted by molar-refractivity contribution is 6.43. The van der Waals surface area contributed by atoms with Crippen molar-refractivity contribution in [3.05, 3.63) is 38.0 Å². The molecule has 92 valence electrons. The highest BCUT2D eigenvalue weighted by atomic mass is 28.3. The van der Waals surface area contributed by atoms with Gasteiger partial charge in [0.25, 0.3) is 10.0 Å². The van der Waals surface area contributed by atoms with E-state index in [2.05, 4.69) is 26.7 Å². The van der Waals surface area contributed by atoms with Crippen molar-refractivity contribution in [2.24, 2.45) is 5.41 Å². The van der Waals surface area contributed by atoms with Crippen LogP contribution in [0.1, 0.15) is 19.8 Å². The Hall–Kier alpha value is -0.209. The lowest BCUT2D eigenvalue weighted by molar-refractivity contribution is 0.451. The van der Waals surface area contributed by atoms with Crippen molar-refractivity contribution in [3.8, 4) is 0 Å². The SMILES string of the molecule is C=CC(C=C)(C=C)C(CCC)[SiH2]O[SiH2]O[SiH3]. The van der Waals surface area contributed by atoms with Gasteiger partial charge >= 0.3 is 0 Å². The van der Waals surface area contributed by atoms with Gasteiger partial charge in [-0.2, -0.15) is 0 Å². The average Bonchev–Trinajstić information content (AvgIpc) is 2.32. The largest absolute Gasteiger partial charge is 0.449 e. The third-order valence-corrected chi connectivity index (χ3v) is 7.00. The molecule has 5 heteroatoms. The van der Waals surface area contributed by atoms with Gasteiger partial charge in [0.1, 0.15) is 10.5 Å². The fraction of sp³-hybridized carbons (Fsp3) is 0.455. The lowest BCUT2D eigenvalue weighted by Crippen LogP contribution is -2.26. The first-order valence-corrected chi connectivity index (χ1v) is 9.04. The van der Waals surface area contributed by atoms with Crippen molar-refractivity contribution in [1.82, 2.24) is 0 Å². The van der Waals surface area contributed by atoms with Crippen molar-refractivity contribution in [3.63, 3.8) is 0 Å². The molecule has 0 aliphatic heterocycles. The lowest BCUT2D eigenvalue weighted by atomic mass is 9.82. The van der Waals surface area contributed by atoms with E-state index < -0.39 is 19.8 Å². The molecule has 0 saturated heterocycles. The molecule has 0 aromatic heterocycles. The Labute approximate surface area is 107 Å². The Morgan fingerprint density at radius 1 is 1.31 bits per heavy atom. The minimum Gasteiger partial charge on any atom is -0.449 e. The summed E-state index contributed by atoms with van der Waals surface area (Å²) in [4.78, 5) is 0. The van der Waals surface area contributed by atoms with Gasteiger partial charge in [-0.15, -0.1) is 19.7 Å². The highest BCUT2D eigenvalue weighted by Crippen LogP contribution is 2.39. The molecular weight excluding hydrogens is 248 g/mol. The maximum absolute atomic E-state index is 5.76. The van der Waals surface area contributed by atoms with E-state index >= 15 is 0 Å². The Kier molecular flexibility index (Phi) is 8.77. The third-order valence-electron chi connectivity index (χ3n) is 2.93. The second-order valence-electron chi connectivity index (χ2n) is 3.88. The lowest BCUT2D eigenvalue weighted by Gasteiger charge is -2.32. The molecule has 0 aliphatic rings. The molecule has 0 aromatic carbocycles. The number of rotatable bonds is 10. The summed E-state index contributed by atoms with van der Waals surface area (Å²) in [5, 5.41) is 0. The summed E-state index contributed by atoms with van der Waals surface area (Å²) in [6, 6.07) is 0. The van der Waals surface area contributed by atoms with Crippen LogP contribution in [0.25, 0.3) is 0 Å². The van der Waals surface area contributed by atoms with E-state index in [1.165, 1.54) is 0 Å². The van der Waals surface area contributed by atoms with E-state index in [0.717, 1.165) is 23.3 Å². The molecule has 0 N–H and O–H groups in total. The molecule has 0 amide bonds. The van der Waals surface area contributed by atoms with Crippen LogP contribution in [0.15, 0.2) is 38.0 Å². The number of hydrogen-bond donors (Lipinski definition) is 0. The normalized spacial score (nSPS) is 14.8. The van der Waals surface area contributed by atoms with E-state index in [-0.39, 0.29) is 5.41 Å². The maximum atomic E-state index is 5.76. The molecule has 0 saturated carbocycles. The van der Waals surface area contributed by atoms with Gasteiger partial charge < -0.3 is 8.23 Å². The highest BCUT2D eigenvalue weighted by Gasteiger charge is 2.29. The summed E-state index contributed by atoms with van der Waals surface area (Å²) in [5.41, 5.74) is 0.358. The zero-order valence-corrected chi connectivity index (χ0v) is 15.4. The van der Waals surface area contributed by atoms with Gasteiger partial charge in [-0.3, -0.25) is 0 Å². The topological polar surface area (TPSA) is 18.5 Å². The molecule has 0 rings (SSSR count). The molecule has 0 aromatic rings. The quantitative estimate of drug-likeness (QED) is 0.328. The van der Waals surface area contributed by atoms with Crippen molar-refractivity contribution < 1.29 is 8.23 Å². The summed E-state index contributed by atoms with van der Waals surface area (Å²) in [5.74, 6) is 0. The Balaban J connectivity index is 4.63. The molecule has 0 heterocycles. The van der Waals surface area contributed by atoms with Crippen LogP contribution in [0.2, 0.25) is 5.54 Å². The third kappa shape index (κ3) is 4.34. The predicted molar refractivity (Wildman–Crippen MR) is 80.9 cm³/mol. The zero-order valence-electron chi connectivity index (χ0n) is 10.6. The molecule has 0 spiro atoms. The predicted octanol–water partition coefficient (Wildman–Crippen LogP) is 0.516. The van der Waals surface area contributed by atoms with E-state index in [0.29, 0.717) is 5.54 Å². The van der Waals surface area contributed by atoms with Crippen LogP contribution < -0.4 is 0 Å². The molecule has 0 bridgehead atoms. The standard InChI is InChI=1S/C11H24O2Si3/c1-5-9-10(15-13-16-12-14)11(6-2,7-3)8-4/h6-8,10H,2-5,9,15-16H2,1,14H3. The van der Waals surface area contributed by atoms with E-state index in [1.807, 2.05) is 18.2 Å². The summed E-state index contributed by atoms with van der Waals surface area (Å²) in [6.07, 6.45) is 8.15. The van der Waals surface area contributed by atoms with Crippen molar-refractivity contribution >= 4 is 30.3 Å². The fourth-order valence-corrected chi connectivity index (χ4v) is 6.90. The van der Waals surface area contributed by atoms with E-state index in [9.17, 15) is 0 Å². The zero-order chi connectivity index (χ0) is 12.4. The molecule has 0 fully saturated rings. The van der Waals surface area contributed by atoms with Crippen LogP contribution in [0.3, 0.4) is 0 Å². The first-order valence-electron chi connectivity index (χ1n) is 5.68. The van der Waals surface area contributed by atoms with Gasteiger partial charge in [0.05, 0.1) is 0 Å².